The summed E-state index contributed by atoms with van der Waals surface area (Å²) in [6.45, 7) is 8.23. The highest BCUT2D eigenvalue weighted by molar-refractivity contribution is 6.00. The first-order valence-electron chi connectivity index (χ1n) is 12.4. The van der Waals surface area contributed by atoms with Crippen LogP contribution in [0.5, 0.6) is 0 Å². The number of carbonyl (C=O) groups excluding carboxylic acids is 1. The summed E-state index contributed by atoms with van der Waals surface area (Å²) in [5.74, 6) is 1.55. The largest absolute Gasteiger partial charge is 0.385 e. The topological polar surface area (TPSA) is 79.9 Å². The van der Waals surface area contributed by atoms with Gasteiger partial charge in [-0.2, -0.15) is 0 Å². The van der Waals surface area contributed by atoms with E-state index in [9.17, 15) is 4.79 Å². The van der Waals surface area contributed by atoms with Gasteiger partial charge in [0.25, 0.3) is 0 Å². The summed E-state index contributed by atoms with van der Waals surface area (Å²) in [5, 5.41) is 8.80. The first-order chi connectivity index (χ1) is 15.8. The van der Waals surface area contributed by atoms with Crippen molar-refractivity contribution in [3.8, 4) is 0 Å². The van der Waals surface area contributed by atoms with Gasteiger partial charge < -0.3 is 25.8 Å². The van der Waals surface area contributed by atoms with Crippen molar-refractivity contribution < 1.29 is 4.79 Å². The van der Waals surface area contributed by atoms with Crippen LogP contribution in [0.15, 0.2) is 47.0 Å². The minimum Gasteiger partial charge on any atom is -0.385 e. The number of nitrogens with one attached hydrogen (secondary N) is 1. The van der Waals surface area contributed by atoms with Crippen molar-refractivity contribution in [3.05, 3.63) is 47.0 Å². The van der Waals surface area contributed by atoms with E-state index in [4.69, 9.17) is 11.1 Å². The fourth-order valence-corrected chi connectivity index (χ4v) is 5.54. The van der Waals surface area contributed by atoms with Gasteiger partial charge in [-0.1, -0.05) is 18.2 Å². The molecule has 0 spiro atoms. The maximum Gasteiger partial charge on any atom is 0.225 e. The molecule has 0 aromatic carbocycles. The van der Waals surface area contributed by atoms with Crippen LogP contribution in [0.2, 0.25) is 0 Å². The smallest absolute Gasteiger partial charge is 0.225 e. The number of hydrogen-bond acceptors (Lipinski definition) is 6. The lowest BCUT2D eigenvalue weighted by Gasteiger charge is -2.38. The van der Waals surface area contributed by atoms with Crippen LogP contribution in [0.4, 0.5) is 0 Å². The van der Waals surface area contributed by atoms with E-state index in [1.807, 2.05) is 11.9 Å². The standard InChI is InChI=1S/C26H40N6O/c1-19-5-4-11-30(3)25(19)24(28)21-9-15-32(16-10-21)26(33)22-7-13-31(14-8-22)18-20-6-12-29(2)23(27)17-20/h4-6,17,21-22,28H,7-16,18,27H2,1-3H3. The van der Waals surface area contributed by atoms with E-state index in [-0.39, 0.29) is 11.8 Å². The highest BCUT2D eigenvalue weighted by atomic mass is 16.2. The van der Waals surface area contributed by atoms with Crippen molar-refractivity contribution in [2.75, 3.05) is 59.9 Å². The van der Waals surface area contributed by atoms with Gasteiger partial charge in [0.1, 0.15) is 0 Å². The van der Waals surface area contributed by atoms with E-state index < -0.39 is 0 Å². The molecule has 2 fully saturated rings. The van der Waals surface area contributed by atoms with E-state index in [1.54, 1.807) is 0 Å². The molecular weight excluding hydrogens is 412 g/mol. The average Bonchev–Trinajstić information content (AvgIpc) is 2.81. The highest BCUT2D eigenvalue weighted by Gasteiger charge is 2.33. The molecule has 180 valence electrons. The van der Waals surface area contributed by atoms with Crippen LogP contribution in [0.25, 0.3) is 0 Å². The molecule has 4 aliphatic heterocycles. The summed E-state index contributed by atoms with van der Waals surface area (Å²) >= 11 is 0. The lowest BCUT2D eigenvalue weighted by molar-refractivity contribution is -0.138. The molecule has 2 saturated heterocycles. The molecule has 0 atom stereocenters. The number of likely N-dealkylation sites (tertiary alicyclic amines) is 2. The van der Waals surface area contributed by atoms with Gasteiger partial charge in [0, 0.05) is 58.7 Å². The second-order valence-electron chi connectivity index (χ2n) is 10.1. The quantitative estimate of drug-likeness (QED) is 0.626. The maximum absolute atomic E-state index is 13.2. The molecule has 7 heteroatoms. The zero-order valence-electron chi connectivity index (χ0n) is 20.5. The summed E-state index contributed by atoms with van der Waals surface area (Å²) in [5.41, 5.74) is 10.3. The first kappa shape index (κ1) is 23.6. The summed E-state index contributed by atoms with van der Waals surface area (Å²) in [6.07, 6.45) is 12.3. The number of nitrogens with zero attached hydrogens (tertiary/aromatic N) is 4. The molecule has 4 rings (SSSR count). The van der Waals surface area contributed by atoms with E-state index in [2.05, 4.69) is 53.0 Å². The molecule has 0 aliphatic carbocycles. The Morgan fingerprint density at radius 1 is 1.03 bits per heavy atom. The van der Waals surface area contributed by atoms with Crippen molar-refractivity contribution >= 4 is 11.6 Å². The third-order valence-corrected chi connectivity index (χ3v) is 7.72. The van der Waals surface area contributed by atoms with E-state index in [0.29, 0.717) is 5.91 Å². The summed E-state index contributed by atoms with van der Waals surface area (Å²) < 4.78 is 0. The zero-order valence-corrected chi connectivity index (χ0v) is 20.5. The van der Waals surface area contributed by atoms with Gasteiger partial charge in [0.2, 0.25) is 5.91 Å². The number of piperidine rings is 2. The number of nitrogens with two attached hydrogens (primary N) is 1. The monoisotopic (exact) mass is 452 g/mol. The van der Waals surface area contributed by atoms with Gasteiger partial charge in [-0.25, -0.2) is 0 Å². The van der Waals surface area contributed by atoms with E-state index >= 15 is 0 Å². The Bertz CT molecular complexity index is 884. The van der Waals surface area contributed by atoms with Crippen LogP contribution in [-0.4, -0.2) is 91.1 Å². The van der Waals surface area contributed by atoms with Gasteiger partial charge in [-0.05, 0) is 62.9 Å². The number of allylic oxidation sites excluding steroid dienone is 3. The molecule has 0 aromatic heterocycles. The maximum atomic E-state index is 13.2. The minimum absolute atomic E-state index is 0.142. The van der Waals surface area contributed by atoms with Crippen molar-refractivity contribution in [2.24, 2.45) is 17.6 Å². The highest BCUT2D eigenvalue weighted by Crippen LogP contribution is 2.28. The molecule has 0 saturated carbocycles. The lowest BCUT2D eigenvalue weighted by atomic mass is 9.87. The fraction of sp³-hybridized carbons (Fsp3) is 0.615. The number of hydrogen-bond donors (Lipinski definition) is 2. The van der Waals surface area contributed by atoms with Crippen LogP contribution >= 0.6 is 0 Å². The Labute approximate surface area is 198 Å². The molecule has 1 amide bonds. The van der Waals surface area contributed by atoms with Crippen molar-refractivity contribution in [2.45, 2.75) is 32.6 Å². The van der Waals surface area contributed by atoms with Gasteiger partial charge in [-0.3, -0.25) is 9.69 Å². The number of rotatable bonds is 5. The second-order valence-corrected chi connectivity index (χ2v) is 10.1. The predicted molar refractivity (Wildman–Crippen MR) is 134 cm³/mol. The summed E-state index contributed by atoms with van der Waals surface area (Å²) in [4.78, 5) is 21.9. The molecule has 33 heavy (non-hydrogen) atoms. The van der Waals surface area contributed by atoms with E-state index in [1.165, 1.54) is 11.1 Å². The molecule has 3 N–H and O–H groups in total. The number of amides is 1. The molecule has 7 nitrogen and oxygen atoms in total. The van der Waals surface area contributed by atoms with Gasteiger partial charge >= 0.3 is 0 Å². The van der Waals surface area contributed by atoms with Crippen LogP contribution < -0.4 is 5.73 Å². The zero-order chi connectivity index (χ0) is 23.5. The Hall–Kier alpha value is -2.54. The average molecular weight is 453 g/mol. The van der Waals surface area contributed by atoms with Crippen LogP contribution in [0.3, 0.4) is 0 Å². The number of likely N-dealkylation sites (N-methyl/N-ethyl adjacent to an activating group) is 2. The molecule has 4 aliphatic rings. The third kappa shape index (κ3) is 5.35. The molecule has 4 heterocycles. The van der Waals surface area contributed by atoms with Crippen molar-refractivity contribution in [1.29, 1.82) is 5.41 Å². The number of carbonyl (C=O) groups is 1. The normalized spacial score (nSPS) is 23.7. The Balaban J connectivity index is 1.24. The van der Waals surface area contributed by atoms with Crippen LogP contribution in [-0.2, 0) is 4.79 Å². The summed E-state index contributed by atoms with van der Waals surface area (Å²) in [7, 11) is 4.07. The van der Waals surface area contributed by atoms with Crippen LogP contribution in [0.1, 0.15) is 32.6 Å². The van der Waals surface area contributed by atoms with E-state index in [0.717, 1.165) is 88.7 Å². The fourth-order valence-electron chi connectivity index (χ4n) is 5.54. The van der Waals surface area contributed by atoms with Crippen molar-refractivity contribution in [3.63, 3.8) is 0 Å². The molecule has 0 aromatic rings. The Morgan fingerprint density at radius 2 is 1.70 bits per heavy atom. The van der Waals surface area contributed by atoms with Crippen LogP contribution in [0, 0.1) is 17.2 Å². The van der Waals surface area contributed by atoms with Gasteiger partial charge in [0.05, 0.1) is 17.2 Å². The SMILES string of the molecule is CC1=C(C(=N)C2CCN(C(=O)C3CCN(CC4=CCN(C)C(N)=C4)CC3)CC2)N(C)CC=C1. The summed E-state index contributed by atoms with van der Waals surface area (Å²) in [6, 6.07) is 0. The molecule has 0 bridgehead atoms. The Kier molecular flexibility index (Phi) is 7.27. The molecule has 0 unspecified atom stereocenters. The first-order valence-corrected chi connectivity index (χ1v) is 12.4. The second kappa shape index (κ2) is 10.2. The lowest BCUT2D eigenvalue weighted by Crippen LogP contribution is -2.47. The minimum atomic E-state index is 0.142. The molecular formula is C26H40N6O. The molecule has 0 radical (unpaired) electrons. The Morgan fingerprint density at radius 3 is 2.33 bits per heavy atom. The van der Waals surface area contributed by atoms with Gasteiger partial charge in [-0.15, -0.1) is 0 Å². The van der Waals surface area contributed by atoms with Crippen molar-refractivity contribution in [1.82, 2.24) is 19.6 Å². The predicted octanol–water partition coefficient (Wildman–Crippen LogP) is 2.40. The van der Waals surface area contributed by atoms with Gasteiger partial charge in [0.15, 0.2) is 0 Å². The third-order valence-electron chi connectivity index (χ3n) is 7.72.